The zero-order valence-electron chi connectivity index (χ0n) is 20.0. The summed E-state index contributed by atoms with van der Waals surface area (Å²) in [5.41, 5.74) is 0.299. The number of hydrogen-bond acceptors (Lipinski definition) is 9. The largest absolute Gasteiger partial charge is 0.469 e. The molecule has 1 aliphatic heterocycles. The molecule has 188 valence electrons. The van der Waals surface area contributed by atoms with E-state index in [1.54, 1.807) is 0 Å². The van der Waals surface area contributed by atoms with Crippen LogP contribution in [-0.2, 0) is 56.0 Å². The van der Waals surface area contributed by atoms with E-state index in [0.717, 1.165) is 11.1 Å². The molecule has 3 rings (SSSR count). The van der Waals surface area contributed by atoms with E-state index in [4.69, 9.17) is 28.4 Å². The smallest absolute Gasteiger partial charge is 0.308 e. The average molecular weight is 487 g/mol. The van der Waals surface area contributed by atoms with Gasteiger partial charge in [0.15, 0.2) is 6.10 Å². The highest BCUT2D eigenvalue weighted by Crippen LogP contribution is 2.40. The second-order valence-electron chi connectivity index (χ2n) is 8.18. The predicted octanol–water partition coefficient (Wildman–Crippen LogP) is 2.94. The molecular formula is C26H30O9. The van der Waals surface area contributed by atoms with Crippen LogP contribution in [0, 0.1) is 0 Å². The van der Waals surface area contributed by atoms with Gasteiger partial charge in [-0.2, -0.15) is 0 Å². The van der Waals surface area contributed by atoms with Gasteiger partial charge < -0.3 is 28.4 Å². The first-order valence-electron chi connectivity index (χ1n) is 11.2. The lowest BCUT2D eigenvalue weighted by atomic mass is 9.92. The molecule has 1 aliphatic rings. The SMILES string of the molecule is COC(=O)C[C@@]1(COCc2ccccc2)OC(OC(C)=O)[C@H](OC(C)=O)[C@@H]1OCc1ccccc1. The second-order valence-corrected chi connectivity index (χ2v) is 8.18. The van der Waals surface area contributed by atoms with Crippen molar-refractivity contribution in [3.05, 3.63) is 71.8 Å². The quantitative estimate of drug-likeness (QED) is 0.350. The number of rotatable bonds is 11. The van der Waals surface area contributed by atoms with Crippen molar-refractivity contribution in [2.24, 2.45) is 0 Å². The number of carbonyl (C=O) groups is 3. The highest BCUT2D eigenvalue weighted by atomic mass is 16.8. The Bertz CT molecular complexity index is 979. The zero-order valence-corrected chi connectivity index (χ0v) is 20.0. The monoisotopic (exact) mass is 486 g/mol. The van der Waals surface area contributed by atoms with Gasteiger partial charge in [-0.15, -0.1) is 0 Å². The fourth-order valence-electron chi connectivity index (χ4n) is 3.92. The Labute approximate surface area is 204 Å². The van der Waals surface area contributed by atoms with Gasteiger partial charge in [0.2, 0.25) is 6.29 Å². The van der Waals surface area contributed by atoms with Crippen molar-refractivity contribution in [3.8, 4) is 0 Å². The van der Waals surface area contributed by atoms with Gasteiger partial charge in [0.05, 0.1) is 33.4 Å². The van der Waals surface area contributed by atoms with Crippen LogP contribution in [0.1, 0.15) is 31.4 Å². The van der Waals surface area contributed by atoms with Gasteiger partial charge in [-0.1, -0.05) is 60.7 Å². The average Bonchev–Trinajstić information content (AvgIpc) is 3.09. The molecule has 1 fully saturated rings. The molecule has 9 nitrogen and oxygen atoms in total. The number of methoxy groups -OCH3 is 1. The van der Waals surface area contributed by atoms with E-state index in [1.807, 2.05) is 60.7 Å². The normalized spacial score (nSPS) is 23.5. The van der Waals surface area contributed by atoms with Crippen LogP contribution in [0.5, 0.6) is 0 Å². The van der Waals surface area contributed by atoms with Crippen LogP contribution < -0.4 is 0 Å². The molecule has 0 radical (unpaired) electrons. The maximum Gasteiger partial charge on any atom is 0.308 e. The molecule has 2 aromatic rings. The van der Waals surface area contributed by atoms with E-state index >= 15 is 0 Å². The first-order valence-corrected chi connectivity index (χ1v) is 11.2. The summed E-state index contributed by atoms with van der Waals surface area (Å²) in [7, 11) is 1.25. The molecule has 9 heteroatoms. The molecule has 0 aromatic heterocycles. The molecule has 2 aromatic carbocycles. The topological polar surface area (TPSA) is 107 Å². The lowest BCUT2D eigenvalue weighted by Crippen LogP contribution is -2.51. The molecule has 1 saturated heterocycles. The summed E-state index contributed by atoms with van der Waals surface area (Å²) in [4.78, 5) is 36.2. The fourth-order valence-corrected chi connectivity index (χ4v) is 3.92. The van der Waals surface area contributed by atoms with E-state index in [-0.39, 0.29) is 26.2 Å². The number of hydrogen-bond donors (Lipinski definition) is 0. The predicted molar refractivity (Wildman–Crippen MR) is 123 cm³/mol. The van der Waals surface area contributed by atoms with Gasteiger partial charge in [0, 0.05) is 13.8 Å². The summed E-state index contributed by atoms with van der Waals surface area (Å²) in [6, 6.07) is 18.8. The summed E-state index contributed by atoms with van der Waals surface area (Å²) in [6.07, 6.45) is -3.73. The molecule has 1 heterocycles. The van der Waals surface area contributed by atoms with Crippen LogP contribution in [0.3, 0.4) is 0 Å². The van der Waals surface area contributed by atoms with Gasteiger partial charge >= 0.3 is 17.9 Å². The molecule has 4 atom stereocenters. The number of ether oxygens (including phenoxy) is 6. The summed E-state index contributed by atoms with van der Waals surface area (Å²) in [5.74, 6) is -1.86. The van der Waals surface area contributed by atoms with Crippen LogP contribution in [0.25, 0.3) is 0 Å². The molecule has 0 spiro atoms. The van der Waals surface area contributed by atoms with Crippen molar-refractivity contribution in [2.45, 2.75) is 57.6 Å². The lowest BCUT2D eigenvalue weighted by molar-refractivity contribution is -0.214. The minimum atomic E-state index is -1.46. The Hall–Kier alpha value is -3.27. The number of benzene rings is 2. The van der Waals surface area contributed by atoms with E-state index in [9.17, 15) is 14.4 Å². The minimum absolute atomic E-state index is 0.119. The molecular weight excluding hydrogens is 456 g/mol. The fraction of sp³-hybridized carbons (Fsp3) is 0.423. The molecule has 0 amide bonds. The summed E-state index contributed by atoms with van der Waals surface area (Å²) < 4.78 is 34.0. The number of esters is 3. The minimum Gasteiger partial charge on any atom is -0.469 e. The Morgan fingerprint density at radius 3 is 1.97 bits per heavy atom. The van der Waals surface area contributed by atoms with E-state index < -0.39 is 42.0 Å². The van der Waals surface area contributed by atoms with Gasteiger partial charge in [-0.25, -0.2) is 0 Å². The summed E-state index contributed by atoms with van der Waals surface area (Å²) >= 11 is 0. The molecule has 0 bridgehead atoms. The van der Waals surface area contributed by atoms with Crippen molar-refractivity contribution < 1.29 is 42.8 Å². The van der Waals surface area contributed by atoms with E-state index in [1.165, 1.54) is 21.0 Å². The van der Waals surface area contributed by atoms with Crippen LogP contribution in [0.4, 0.5) is 0 Å². The molecule has 0 saturated carbocycles. The third kappa shape index (κ3) is 7.35. The summed E-state index contributed by atoms with van der Waals surface area (Å²) in [5, 5.41) is 0. The van der Waals surface area contributed by atoms with E-state index in [0.29, 0.717) is 0 Å². The van der Waals surface area contributed by atoms with Crippen molar-refractivity contribution in [3.63, 3.8) is 0 Å². The Morgan fingerprint density at radius 2 is 1.43 bits per heavy atom. The molecule has 35 heavy (non-hydrogen) atoms. The molecule has 0 aliphatic carbocycles. The highest BCUT2D eigenvalue weighted by molar-refractivity contribution is 5.71. The maximum atomic E-state index is 12.5. The first-order chi connectivity index (χ1) is 16.8. The Morgan fingerprint density at radius 1 is 0.857 bits per heavy atom. The van der Waals surface area contributed by atoms with Crippen molar-refractivity contribution >= 4 is 17.9 Å². The van der Waals surface area contributed by atoms with E-state index in [2.05, 4.69) is 0 Å². The van der Waals surface area contributed by atoms with Gasteiger partial charge in [-0.3, -0.25) is 14.4 Å². The Kier molecular flexibility index (Phi) is 9.36. The Balaban J connectivity index is 1.93. The van der Waals surface area contributed by atoms with Crippen molar-refractivity contribution in [2.75, 3.05) is 13.7 Å². The van der Waals surface area contributed by atoms with Crippen molar-refractivity contribution in [1.82, 2.24) is 0 Å². The second kappa shape index (κ2) is 12.4. The third-order valence-corrected chi connectivity index (χ3v) is 5.42. The zero-order chi connectivity index (χ0) is 25.3. The number of carbonyl (C=O) groups excluding carboxylic acids is 3. The lowest BCUT2D eigenvalue weighted by Gasteiger charge is -2.33. The summed E-state index contributed by atoms with van der Waals surface area (Å²) in [6.45, 7) is 2.67. The molecule has 0 N–H and O–H groups in total. The van der Waals surface area contributed by atoms with Crippen LogP contribution in [0.2, 0.25) is 0 Å². The van der Waals surface area contributed by atoms with Gasteiger partial charge in [0.25, 0.3) is 0 Å². The first kappa shape index (κ1) is 26.3. The standard InChI is InChI=1S/C26H30O9/c1-18(27)33-23-24(32-16-21-12-8-5-9-13-21)26(14-22(29)30-3,35-25(23)34-19(2)28)17-31-15-20-10-6-4-7-11-20/h4-13,23-25H,14-17H2,1-3H3/t23-,24+,25?,26+/m1/s1. The third-order valence-electron chi connectivity index (χ3n) is 5.42. The van der Waals surface area contributed by atoms with Gasteiger partial charge in [-0.05, 0) is 11.1 Å². The van der Waals surface area contributed by atoms with Crippen LogP contribution in [0.15, 0.2) is 60.7 Å². The van der Waals surface area contributed by atoms with Crippen LogP contribution in [-0.4, -0.2) is 55.7 Å². The molecule has 1 unspecified atom stereocenters. The maximum absolute atomic E-state index is 12.5. The highest BCUT2D eigenvalue weighted by Gasteiger charge is 2.60. The van der Waals surface area contributed by atoms with Gasteiger partial charge in [0.1, 0.15) is 11.7 Å². The van der Waals surface area contributed by atoms with Crippen LogP contribution >= 0.6 is 0 Å². The van der Waals surface area contributed by atoms with Crippen molar-refractivity contribution in [1.29, 1.82) is 0 Å².